The molecule has 0 atom stereocenters. The molecular weight excluding hydrogens is 436 g/mol. The Morgan fingerprint density at radius 3 is 2.45 bits per heavy atom. The van der Waals surface area contributed by atoms with Gasteiger partial charge in [-0.3, -0.25) is 4.72 Å². The Morgan fingerprint density at radius 1 is 1.10 bits per heavy atom. The summed E-state index contributed by atoms with van der Waals surface area (Å²) in [6.07, 6.45) is 0. The first-order valence-electron chi connectivity index (χ1n) is 5.22. The van der Waals surface area contributed by atoms with Gasteiger partial charge in [0.1, 0.15) is 10.7 Å². The molecular formula is C12H7Br2ClFNO2S. The third-order valence-electron chi connectivity index (χ3n) is 2.36. The third kappa shape index (κ3) is 3.52. The highest BCUT2D eigenvalue weighted by Gasteiger charge is 2.19. The molecule has 2 aromatic rings. The third-order valence-corrected chi connectivity index (χ3v) is 5.45. The molecule has 0 saturated heterocycles. The van der Waals surface area contributed by atoms with Crippen molar-refractivity contribution >= 4 is 59.2 Å². The quantitative estimate of drug-likeness (QED) is 0.741. The minimum atomic E-state index is -3.91. The Balaban J connectivity index is 2.43. The molecule has 0 bridgehead atoms. The Kier molecular flexibility index (Phi) is 4.73. The van der Waals surface area contributed by atoms with Gasteiger partial charge in [-0.2, -0.15) is 0 Å². The molecule has 0 radical (unpaired) electrons. The summed E-state index contributed by atoms with van der Waals surface area (Å²) in [6, 6.07) is 8.39. The van der Waals surface area contributed by atoms with Gasteiger partial charge in [0.25, 0.3) is 10.0 Å². The van der Waals surface area contributed by atoms with E-state index in [1.54, 1.807) is 12.1 Å². The van der Waals surface area contributed by atoms with Gasteiger partial charge in [-0.1, -0.05) is 27.5 Å². The lowest BCUT2D eigenvalue weighted by atomic mass is 10.3. The van der Waals surface area contributed by atoms with E-state index in [-0.39, 0.29) is 15.6 Å². The number of anilines is 1. The average molecular weight is 444 g/mol. The van der Waals surface area contributed by atoms with Crippen molar-refractivity contribution in [2.75, 3.05) is 4.72 Å². The molecule has 0 unspecified atom stereocenters. The Hall–Kier alpha value is -0.630. The molecule has 0 spiro atoms. The van der Waals surface area contributed by atoms with E-state index in [1.807, 2.05) is 0 Å². The summed E-state index contributed by atoms with van der Waals surface area (Å²) in [4.78, 5) is 0.00113. The van der Waals surface area contributed by atoms with E-state index < -0.39 is 15.8 Å². The summed E-state index contributed by atoms with van der Waals surface area (Å²) in [7, 11) is -3.91. The number of nitrogens with one attached hydrogen (secondary N) is 1. The van der Waals surface area contributed by atoms with Gasteiger partial charge in [-0.05, 0) is 52.3 Å². The van der Waals surface area contributed by atoms with Crippen molar-refractivity contribution in [3.8, 4) is 0 Å². The second kappa shape index (κ2) is 6.01. The predicted molar refractivity (Wildman–Crippen MR) is 84.1 cm³/mol. The minimum Gasteiger partial charge on any atom is -0.277 e. The summed E-state index contributed by atoms with van der Waals surface area (Å²) in [5, 5.41) is 0.189. The fourth-order valence-electron chi connectivity index (χ4n) is 1.46. The number of sulfonamides is 1. The van der Waals surface area contributed by atoms with E-state index in [0.29, 0.717) is 8.95 Å². The van der Waals surface area contributed by atoms with E-state index in [4.69, 9.17) is 11.6 Å². The summed E-state index contributed by atoms with van der Waals surface area (Å²) >= 11 is 12.0. The van der Waals surface area contributed by atoms with Gasteiger partial charge in [0.2, 0.25) is 0 Å². The molecule has 106 valence electrons. The van der Waals surface area contributed by atoms with Gasteiger partial charge in [0.05, 0.1) is 5.69 Å². The van der Waals surface area contributed by atoms with Crippen LogP contribution in [-0.2, 0) is 10.0 Å². The van der Waals surface area contributed by atoms with Crippen LogP contribution in [0.2, 0.25) is 5.02 Å². The van der Waals surface area contributed by atoms with E-state index in [2.05, 4.69) is 36.6 Å². The zero-order valence-electron chi connectivity index (χ0n) is 9.70. The van der Waals surface area contributed by atoms with Crippen molar-refractivity contribution in [2.45, 2.75) is 4.90 Å². The molecule has 20 heavy (non-hydrogen) atoms. The second-order valence-corrected chi connectivity index (χ2v) is 7.66. The Bertz CT molecular complexity index is 768. The molecule has 3 nitrogen and oxygen atoms in total. The molecule has 0 saturated carbocycles. The monoisotopic (exact) mass is 441 g/mol. The van der Waals surface area contributed by atoms with Crippen molar-refractivity contribution in [3.63, 3.8) is 0 Å². The summed E-state index contributed by atoms with van der Waals surface area (Å²) < 4.78 is 41.3. The highest BCUT2D eigenvalue weighted by molar-refractivity contribution is 9.11. The van der Waals surface area contributed by atoms with Crippen molar-refractivity contribution in [1.82, 2.24) is 0 Å². The lowest BCUT2D eigenvalue weighted by Crippen LogP contribution is -2.14. The van der Waals surface area contributed by atoms with Gasteiger partial charge >= 0.3 is 0 Å². The minimum absolute atomic E-state index is 0.00113. The fraction of sp³-hybridized carbons (Fsp3) is 0. The number of hydrogen-bond donors (Lipinski definition) is 1. The number of halogens is 4. The topological polar surface area (TPSA) is 46.2 Å². The highest BCUT2D eigenvalue weighted by atomic mass is 79.9. The van der Waals surface area contributed by atoms with Crippen LogP contribution in [0.25, 0.3) is 0 Å². The van der Waals surface area contributed by atoms with Crippen LogP contribution in [0, 0.1) is 5.82 Å². The molecule has 0 amide bonds. The predicted octanol–water partition coefficient (Wildman–Crippen LogP) is 4.80. The highest BCUT2D eigenvalue weighted by Crippen LogP contribution is 2.28. The van der Waals surface area contributed by atoms with Crippen LogP contribution in [0.15, 0.2) is 50.2 Å². The molecule has 0 fully saturated rings. The SMILES string of the molecule is O=S(=O)(Nc1ccc(Cl)cc1F)c1cc(Br)ccc1Br. The lowest BCUT2D eigenvalue weighted by molar-refractivity contribution is 0.598. The van der Waals surface area contributed by atoms with Crippen LogP contribution in [0.1, 0.15) is 0 Å². The summed E-state index contributed by atoms with van der Waals surface area (Å²) in [5.74, 6) is -0.743. The molecule has 0 heterocycles. The maximum atomic E-state index is 13.6. The van der Waals surface area contributed by atoms with Crippen LogP contribution in [0.4, 0.5) is 10.1 Å². The standard InChI is InChI=1S/C12H7Br2ClFNO2S/c13-7-1-3-9(14)12(5-7)20(18,19)17-11-4-2-8(15)6-10(11)16/h1-6,17H. The molecule has 0 aliphatic heterocycles. The van der Waals surface area contributed by atoms with Crippen LogP contribution in [0.5, 0.6) is 0 Å². The zero-order valence-corrected chi connectivity index (χ0v) is 14.4. The zero-order chi connectivity index (χ0) is 14.9. The van der Waals surface area contributed by atoms with Crippen molar-refractivity contribution in [3.05, 3.63) is 56.2 Å². The van der Waals surface area contributed by atoms with Gasteiger partial charge < -0.3 is 0 Å². The van der Waals surface area contributed by atoms with E-state index in [1.165, 1.54) is 18.2 Å². The molecule has 0 aliphatic rings. The smallest absolute Gasteiger partial charge is 0.263 e. The average Bonchev–Trinajstić information content (AvgIpc) is 2.35. The second-order valence-electron chi connectivity index (χ2n) is 3.80. The fourth-order valence-corrected chi connectivity index (χ4v) is 4.18. The number of rotatable bonds is 3. The van der Waals surface area contributed by atoms with Crippen molar-refractivity contribution in [2.24, 2.45) is 0 Å². The van der Waals surface area contributed by atoms with Gasteiger partial charge in [0, 0.05) is 14.0 Å². The summed E-state index contributed by atoms with van der Waals surface area (Å²) in [5.41, 5.74) is -0.165. The molecule has 1 N–H and O–H groups in total. The normalized spacial score (nSPS) is 11.4. The van der Waals surface area contributed by atoms with Crippen LogP contribution >= 0.6 is 43.5 Å². The Labute approximate surface area is 137 Å². The largest absolute Gasteiger partial charge is 0.277 e. The Morgan fingerprint density at radius 2 is 1.80 bits per heavy atom. The van der Waals surface area contributed by atoms with E-state index >= 15 is 0 Å². The van der Waals surface area contributed by atoms with Crippen LogP contribution in [0.3, 0.4) is 0 Å². The van der Waals surface area contributed by atoms with E-state index in [9.17, 15) is 12.8 Å². The lowest BCUT2D eigenvalue weighted by Gasteiger charge is -2.11. The molecule has 0 aliphatic carbocycles. The van der Waals surface area contributed by atoms with Crippen molar-refractivity contribution < 1.29 is 12.8 Å². The number of hydrogen-bond acceptors (Lipinski definition) is 2. The van der Waals surface area contributed by atoms with Gasteiger partial charge in [-0.25, -0.2) is 12.8 Å². The van der Waals surface area contributed by atoms with Crippen molar-refractivity contribution in [1.29, 1.82) is 0 Å². The molecule has 8 heteroatoms. The first-order chi connectivity index (χ1) is 9.29. The first kappa shape index (κ1) is 15.8. The van der Waals surface area contributed by atoms with E-state index in [0.717, 1.165) is 6.07 Å². The maximum Gasteiger partial charge on any atom is 0.263 e. The maximum absolute atomic E-state index is 13.6. The molecule has 0 aromatic heterocycles. The van der Waals surface area contributed by atoms with Crippen LogP contribution in [-0.4, -0.2) is 8.42 Å². The van der Waals surface area contributed by atoms with Gasteiger partial charge in [0.15, 0.2) is 0 Å². The molecule has 2 aromatic carbocycles. The first-order valence-corrected chi connectivity index (χ1v) is 8.67. The van der Waals surface area contributed by atoms with Gasteiger partial charge in [-0.15, -0.1) is 0 Å². The molecule has 2 rings (SSSR count). The summed E-state index contributed by atoms with van der Waals surface area (Å²) in [6.45, 7) is 0. The van der Waals surface area contributed by atoms with Crippen LogP contribution < -0.4 is 4.72 Å². The number of benzene rings is 2.